The first-order valence-electron chi connectivity index (χ1n) is 6.89. The third kappa shape index (κ3) is 4.84. The molecule has 0 aliphatic heterocycles. The second-order valence-corrected chi connectivity index (χ2v) is 5.63. The molecule has 2 aromatic carbocycles. The standard InChI is InChI=1S/C17H19BrO3/c18-10-9-16(19)17(20)14-7-4-8-15(11-14)21-12-13-5-2-1-3-6-13/h1-8,11,16-17,19-20H,9-10,12H2. The van der Waals surface area contributed by atoms with Crippen molar-refractivity contribution >= 4 is 15.9 Å². The summed E-state index contributed by atoms with van der Waals surface area (Å²) in [6.45, 7) is 0.477. The van der Waals surface area contributed by atoms with Crippen LogP contribution in [0.25, 0.3) is 0 Å². The molecule has 0 saturated carbocycles. The highest BCUT2D eigenvalue weighted by molar-refractivity contribution is 9.09. The number of ether oxygens (including phenoxy) is 1. The van der Waals surface area contributed by atoms with Crippen LogP contribution in [0.2, 0.25) is 0 Å². The molecule has 0 fully saturated rings. The minimum atomic E-state index is -0.900. The summed E-state index contributed by atoms with van der Waals surface area (Å²) in [5, 5.41) is 20.6. The summed E-state index contributed by atoms with van der Waals surface area (Å²) in [5.41, 5.74) is 1.75. The molecular weight excluding hydrogens is 332 g/mol. The Bertz CT molecular complexity index is 545. The Labute approximate surface area is 133 Å². The lowest BCUT2D eigenvalue weighted by atomic mass is 10.0. The van der Waals surface area contributed by atoms with Crippen molar-refractivity contribution in [2.45, 2.75) is 25.2 Å². The van der Waals surface area contributed by atoms with Gasteiger partial charge in [0.25, 0.3) is 0 Å². The van der Waals surface area contributed by atoms with Gasteiger partial charge < -0.3 is 14.9 Å². The van der Waals surface area contributed by atoms with E-state index in [1.54, 1.807) is 12.1 Å². The highest BCUT2D eigenvalue weighted by atomic mass is 79.9. The number of benzene rings is 2. The Hall–Kier alpha value is -1.36. The molecule has 2 N–H and O–H groups in total. The predicted octanol–water partition coefficient (Wildman–Crippen LogP) is 3.44. The molecule has 0 saturated heterocycles. The minimum Gasteiger partial charge on any atom is -0.489 e. The largest absolute Gasteiger partial charge is 0.489 e. The molecule has 0 heterocycles. The maximum absolute atomic E-state index is 10.1. The van der Waals surface area contributed by atoms with Crippen LogP contribution in [-0.2, 0) is 6.61 Å². The van der Waals surface area contributed by atoms with E-state index >= 15 is 0 Å². The molecule has 2 unspecified atom stereocenters. The molecule has 0 spiro atoms. The molecule has 112 valence electrons. The quantitative estimate of drug-likeness (QED) is 0.752. The Morgan fingerprint density at radius 3 is 2.48 bits per heavy atom. The van der Waals surface area contributed by atoms with Crippen molar-refractivity contribution in [1.29, 1.82) is 0 Å². The van der Waals surface area contributed by atoms with Gasteiger partial charge in [-0.2, -0.15) is 0 Å². The summed E-state index contributed by atoms with van der Waals surface area (Å²) < 4.78 is 5.72. The van der Waals surface area contributed by atoms with Crippen molar-refractivity contribution in [2.24, 2.45) is 0 Å². The second kappa shape index (κ2) is 8.17. The van der Waals surface area contributed by atoms with Crippen LogP contribution >= 0.6 is 15.9 Å². The zero-order valence-electron chi connectivity index (χ0n) is 11.7. The number of rotatable bonds is 7. The average molecular weight is 351 g/mol. The fraction of sp³-hybridized carbons (Fsp3) is 0.294. The number of halogens is 1. The second-order valence-electron chi connectivity index (χ2n) is 4.84. The SMILES string of the molecule is OC(CCBr)C(O)c1cccc(OCc2ccccc2)c1. The first kappa shape index (κ1) is 16.0. The fourth-order valence-corrected chi connectivity index (χ4v) is 2.49. The Kier molecular flexibility index (Phi) is 6.23. The Morgan fingerprint density at radius 1 is 1.00 bits per heavy atom. The monoisotopic (exact) mass is 350 g/mol. The third-order valence-corrected chi connectivity index (χ3v) is 3.68. The summed E-state index contributed by atoms with van der Waals surface area (Å²) in [6, 6.07) is 17.1. The van der Waals surface area contributed by atoms with E-state index in [2.05, 4.69) is 15.9 Å². The van der Waals surface area contributed by atoms with Gasteiger partial charge in [0.1, 0.15) is 18.5 Å². The number of hydrogen-bond donors (Lipinski definition) is 2. The highest BCUT2D eigenvalue weighted by Crippen LogP contribution is 2.24. The van der Waals surface area contributed by atoms with Crippen molar-refractivity contribution in [3.05, 3.63) is 65.7 Å². The number of alkyl halides is 1. The van der Waals surface area contributed by atoms with Gasteiger partial charge in [-0.05, 0) is 29.7 Å². The number of hydrogen-bond acceptors (Lipinski definition) is 3. The van der Waals surface area contributed by atoms with Gasteiger partial charge in [-0.3, -0.25) is 0 Å². The van der Waals surface area contributed by atoms with E-state index in [9.17, 15) is 10.2 Å². The summed E-state index contributed by atoms with van der Waals surface area (Å²) in [7, 11) is 0. The van der Waals surface area contributed by atoms with Crippen molar-refractivity contribution in [3.63, 3.8) is 0 Å². The lowest BCUT2D eigenvalue weighted by Crippen LogP contribution is -2.18. The average Bonchev–Trinajstić information content (AvgIpc) is 2.54. The lowest BCUT2D eigenvalue weighted by Gasteiger charge is -2.18. The van der Waals surface area contributed by atoms with Gasteiger partial charge in [0, 0.05) is 5.33 Å². The van der Waals surface area contributed by atoms with Crippen LogP contribution in [0.3, 0.4) is 0 Å². The van der Waals surface area contributed by atoms with Crippen LogP contribution in [0, 0.1) is 0 Å². The first-order chi connectivity index (χ1) is 10.2. The highest BCUT2D eigenvalue weighted by Gasteiger charge is 2.18. The van der Waals surface area contributed by atoms with Gasteiger partial charge in [0.05, 0.1) is 6.10 Å². The summed E-state index contributed by atoms with van der Waals surface area (Å²) in [4.78, 5) is 0. The molecule has 0 aliphatic carbocycles. The molecule has 2 atom stereocenters. The van der Waals surface area contributed by atoms with E-state index < -0.39 is 12.2 Å². The van der Waals surface area contributed by atoms with Crippen LogP contribution in [0.1, 0.15) is 23.7 Å². The van der Waals surface area contributed by atoms with Crippen LogP contribution in [0.5, 0.6) is 5.75 Å². The molecule has 0 amide bonds. The molecule has 4 heteroatoms. The van der Waals surface area contributed by atoms with Crippen molar-refractivity contribution in [1.82, 2.24) is 0 Å². The van der Waals surface area contributed by atoms with Crippen molar-refractivity contribution in [3.8, 4) is 5.75 Å². The fourth-order valence-electron chi connectivity index (χ4n) is 2.02. The van der Waals surface area contributed by atoms with Crippen LogP contribution in [0.4, 0.5) is 0 Å². The van der Waals surface area contributed by atoms with Crippen LogP contribution in [0.15, 0.2) is 54.6 Å². The molecule has 21 heavy (non-hydrogen) atoms. The Morgan fingerprint density at radius 2 is 1.76 bits per heavy atom. The molecule has 2 rings (SSSR count). The van der Waals surface area contributed by atoms with Crippen molar-refractivity contribution in [2.75, 3.05) is 5.33 Å². The van der Waals surface area contributed by atoms with Gasteiger partial charge in [-0.15, -0.1) is 0 Å². The Balaban J connectivity index is 2.00. The van der Waals surface area contributed by atoms with E-state index in [4.69, 9.17) is 4.74 Å². The molecule has 2 aromatic rings. The number of aliphatic hydroxyl groups is 2. The summed E-state index contributed by atoms with van der Waals surface area (Å²) in [6.07, 6.45) is -1.19. The molecule has 0 aromatic heterocycles. The first-order valence-corrected chi connectivity index (χ1v) is 8.01. The minimum absolute atomic E-state index is 0.477. The van der Waals surface area contributed by atoms with E-state index in [0.29, 0.717) is 29.7 Å². The smallest absolute Gasteiger partial charge is 0.120 e. The van der Waals surface area contributed by atoms with Crippen LogP contribution in [-0.4, -0.2) is 21.6 Å². The lowest BCUT2D eigenvalue weighted by molar-refractivity contribution is 0.0172. The summed E-state index contributed by atoms with van der Waals surface area (Å²) in [5.74, 6) is 0.682. The van der Waals surface area contributed by atoms with Gasteiger partial charge in [-0.25, -0.2) is 0 Å². The zero-order valence-corrected chi connectivity index (χ0v) is 13.2. The van der Waals surface area contributed by atoms with Gasteiger partial charge in [-0.1, -0.05) is 58.4 Å². The zero-order chi connectivity index (χ0) is 15.1. The number of aliphatic hydroxyl groups excluding tert-OH is 2. The summed E-state index contributed by atoms with van der Waals surface area (Å²) >= 11 is 3.26. The van der Waals surface area contributed by atoms with Crippen molar-refractivity contribution < 1.29 is 14.9 Å². The third-order valence-electron chi connectivity index (χ3n) is 3.22. The normalized spacial score (nSPS) is 13.7. The van der Waals surface area contributed by atoms with E-state index in [1.165, 1.54) is 0 Å². The molecule has 3 nitrogen and oxygen atoms in total. The molecular formula is C17H19BrO3. The predicted molar refractivity (Wildman–Crippen MR) is 86.6 cm³/mol. The molecule has 0 radical (unpaired) electrons. The van der Waals surface area contributed by atoms with Gasteiger partial charge in [0.15, 0.2) is 0 Å². The maximum atomic E-state index is 10.1. The maximum Gasteiger partial charge on any atom is 0.120 e. The van der Waals surface area contributed by atoms with Crippen LogP contribution < -0.4 is 4.74 Å². The van der Waals surface area contributed by atoms with E-state index in [-0.39, 0.29) is 0 Å². The van der Waals surface area contributed by atoms with Gasteiger partial charge in [0.2, 0.25) is 0 Å². The topological polar surface area (TPSA) is 49.7 Å². The van der Waals surface area contributed by atoms with E-state index in [0.717, 1.165) is 5.56 Å². The molecule has 0 bridgehead atoms. The van der Waals surface area contributed by atoms with E-state index in [1.807, 2.05) is 42.5 Å². The molecule has 0 aliphatic rings. The van der Waals surface area contributed by atoms with Gasteiger partial charge >= 0.3 is 0 Å².